The molecule has 0 aliphatic carbocycles. The van der Waals surface area contributed by atoms with Gasteiger partial charge in [0.05, 0.1) is 0 Å². The van der Waals surface area contributed by atoms with E-state index in [0.29, 0.717) is 25.3 Å². The van der Waals surface area contributed by atoms with Crippen molar-refractivity contribution in [2.75, 3.05) is 19.9 Å². The summed E-state index contributed by atoms with van der Waals surface area (Å²) in [7, 11) is 0. The van der Waals surface area contributed by atoms with Crippen molar-refractivity contribution in [2.24, 2.45) is 0 Å². The second-order valence-corrected chi connectivity index (χ2v) is 6.06. The first kappa shape index (κ1) is 16.9. The summed E-state index contributed by atoms with van der Waals surface area (Å²) >= 11 is 0. The Balaban J connectivity index is 1.81. The van der Waals surface area contributed by atoms with E-state index in [-0.39, 0.29) is 24.7 Å². The summed E-state index contributed by atoms with van der Waals surface area (Å²) in [5.74, 6) is 0.582. The fourth-order valence-corrected chi connectivity index (χ4v) is 2.22. The predicted molar refractivity (Wildman–Crippen MR) is 83.9 cm³/mol. The monoisotopic (exact) mass is 322 g/mol. The van der Waals surface area contributed by atoms with Gasteiger partial charge in [-0.15, -0.1) is 0 Å². The molecule has 1 heterocycles. The van der Waals surface area contributed by atoms with Gasteiger partial charge < -0.3 is 25.2 Å². The second-order valence-electron chi connectivity index (χ2n) is 6.06. The number of fused-ring (bicyclic) bond motifs is 1. The number of ether oxygens (including phenoxy) is 2. The number of amides is 2. The number of nitrogens with one attached hydrogen (secondary N) is 2. The first-order valence-corrected chi connectivity index (χ1v) is 7.52. The molecule has 0 spiro atoms. The molecule has 7 heteroatoms. The molecule has 1 aromatic rings. The third-order valence-corrected chi connectivity index (χ3v) is 3.70. The fourth-order valence-electron chi connectivity index (χ4n) is 2.22. The van der Waals surface area contributed by atoms with Crippen molar-refractivity contribution in [3.63, 3.8) is 0 Å². The number of aliphatic carboxylic acids is 1. The van der Waals surface area contributed by atoms with Crippen LogP contribution in [-0.4, -0.2) is 37.0 Å². The standard InChI is InChI=1S/C16H22N2O5/c1-16(2,9-18-15(21)17-7-3-4-14(19)20)11-5-6-12-13(8-11)23-10-22-12/h5-6,8H,3-4,7,9-10H2,1-2H3,(H,19,20)(H2,17,18,21). The van der Waals surface area contributed by atoms with Crippen LogP contribution in [0.15, 0.2) is 18.2 Å². The number of rotatable bonds is 7. The molecule has 3 N–H and O–H groups in total. The SMILES string of the molecule is CC(C)(CNC(=O)NCCCC(=O)O)c1ccc2c(c1)OCO2. The van der Waals surface area contributed by atoms with Gasteiger partial charge in [0.15, 0.2) is 11.5 Å². The predicted octanol–water partition coefficient (Wildman–Crippen LogP) is 1.86. The van der Waals surface area contributed by atoms with Crippen molar-refractivity contribution >= 4 is 12.0 Å². The number of hydrogen-bond acceptors (Lipinski definition) is 4. The van der Waals surface area contributed by atoms with Gasteiger partial charge in [-0.1, -0.05) is 19.9 Å². The molecule has 23 heavy (non-hydrogen) atoms. The van der Waals surface area contributed by atoms with Crippen molar-refractivity contribution in [1.82, 2.24) is 10.6 Å². The fraction of sp³-hybridized carbons (Fsp3) is 0.500. The molecular weight excluding hydrogens is 300 g/mol. The molecule has 0 saturated heterocycles. The van der Waals surface area contributed by atoms with Crippen molar-refractivity contribution in [2.45, 2.75) is 32.1 Å². The zero-order valence-electron chi connectivity index (χ0n) is 13.3. The van der Waals surface area contributed by atoms with Gasteiger partial charge in [0.25, 0.3) is 0 Å². The Morgan fingerprint density at radius 3 is 2.70 bits per heavy atom. The van der Waals surface area contributed by atoms with Crippen LogP contribution in [0.2, 0.25) is 0 Å². The van der Waals surface area contributed by atoms with E-state index in [2.05, 4.69) is 10.6 Å². The van der Waals surface area contributed by atoms with Crippen molar-refractivity contribution in [3.8, 4) is 11.5 Å². The molecule has 0 fully saturated rings. The minimum Gasteiger partial charge on any atom is -0.481 e. The van der Waals surface area contributed by atoms with E-state index in [1.165, 1.54) is 0 Å². The number of carbonyl (C=O) groups is 2. The number of carboxylic acids is 1. The first-order valence-electron chi connectivity index (χ1n) is 7.52. The smallest absolute Gasteiger partial charge is 0.314 e. The summed E-state index contributed by atoms with van der Waals surface area (Å²) in [6.07, 6.45) is 0.456. The molecule has 2 amide bonds. The van der Waals surface area contributed by atoms with E-state index in [9.17, 15) is 9.59 Å². The van der Waals surface area contributed by atoms with Gasteiger partial charge in [-0.05, 0) is 24.1 Å². The van der Waals surface area contributed by atoms with Crippen LogP contribution in [0.1, 0.15) is 32.3 Å². The lowest BCUT2D eigenvalue weighted by atomic mass is 9.84. The average Bonchev–Trinajstić information content (AvgIpc) is 2.97. The molecular formula is C16H22N2O5. The maximum Gasteiger partial charge on any atom is 0.314 e. The summed E-state index contributed by atoms with van der Waals surface area (Å²) in [5, 5.41) is 14.0. The van der Waals surface area contributed by atoms with Crippen LogP contribution in [0.3, 0.4) is 0 Å². The van der Waals surface area contributed by atoms with Crippen LogP contribution >= 0.6 is 0 Å². The third-order valence-electron chi connectivity index (χ3n) is 3.70. The van der Waals surface area contributed by atoms with Gasteiger partial charge in [-0.2, -0.15) is 0 Å². The Kier molecular flexibility index (Phi) is 5.31. The van der Waals surface area contributed by atoms with Crippen LogP contribution < -0.4 is 20.1 Å². The third kappa shape index (κ3) is 4.77. The normalized spacial score (nSPS) is 12.8. The second kappa shape index (κ2) is 7.21. The lowest BCUT2D eigenvalue weighted by molar-refractivity contribution is -0.137. The maximum atomic E-state index is 11.7. The zero-order chi connectivity index (χ0) is 16.9. The van der Waals surface area contributed by atoms with Crippen LogP contribution in [0.25, 0.3) is 0 Å². The maximum absolute atomic E-state index is 11.7. The highest BCUT2D eigenvalue weighted by Gasteiger charge is 2.24. The lowest BCUT2D eigenvalue weighted by Gasteiger charge is -2.26. The van der Waals surface area contributed by atoms with Gasteiger partial charge in [0.2, 0.25) is 6.79 Å². The van der Waals surface area contributed by atoms with E-state index >= 15 is 0 Å². The molecule has 1 aromatic carbocycles. The van der Waals surface area contributed by atoms with E-state index in [1.807, 2.05) is 32.0 Å². The van der Waals surface area contributed by atoms with Gasteiger partial charge in [-0.3, -0.25) is 4.79 Å². The van der Waals surface area contributed by atoms with Crippen LogP contribution in [0.5, 0.6) is 11.5 Å². The number of carboxylic acid groups (broad SMARTS) is 1. The van der Waals surface area contributed by atoms with E-state index in [0.717, 1.165) is 11.3 Å². The van der Waals surface area contributed by atoms with Crippen molar-refractivity contribution in [3.05, 3.63) is 23.8 Å². The largest absolute Gasteiger partial charge is 0.481 e. The van der Waals surface area contributed by atoms with E-state index in [4.69, 9.17) is 14.6 Å². The number of carbonyl (C=O) groups excluding carboxylic acids is 1. The summed E-state index contributed by atoms with van der Waals surface area (Å²) in [5.41, 5.74) is 0.757. The molecule has 0 atom stereocenters. The summed E-state index contributed by atoms with van der Waals surface area (Å²) in [4.78, 5) is 22.1. The average molecular weight is 322 g/mol. The molecule has 0 unspecified atom stereocenters. The number of urea groups is 1. The molecule has 0 saturated carbocycles. The molecule has 7 nitrogen and oxygen atoms in total. The van der Waals surface area contributed by atoms with Gasteiger partial charge in [0, 0.05) is 24.9 Å². The number of benzene rings is 1. The molecule has 0 aromatic heterocycles. The quantitative estimate of drug-likeness (QED) is 0.666. The molecule has 1 aliphatic heterocycles. The minimum atomic E-state index is -0.865. The first-order chi connectivity index (χ1) is 10.9. The Morgan fingerprint density at radius 2 is 1.96 bits per heavy atom. The Morgan fingerprint density at radius 1 is 1.22 bits per heavy atom. The number of hydrogen-bond donors (Lipinski definition) is 3. The molecule has 0 radical (unpaired) electrons. The highest BCUT2D eigenvalue weighted by atomic mass is 16.7. The highest BCUT2D eigenvalue weighted by molar-refractivity contribution is 5.74. The van der Waals surface area contributed by atoms with Gasteiger partial charge in [0.1, 0.15) is 0 Å². The molecule has 1 aliphatic rings. The van der Waals surface area contributed by atoms with Crippen molar-refractivity contribution < 1.29 is 24.2 Å². The Hall–Kier alpha value is -2.44. The van der Waals surface area contributed by atoms with Crippen LogP contribution in [0, 0.1) is 0 Å². The Labute approximate surface area is 135 Å². The summed E-state index contributed by atoms with van der Waals surface area (Å²) in [6, 6.07) is 5.45. The van der Waals surface area contributed by atoms with E-state index in [1.54, 1.807) is 0 Å². The van der Waals surface area contributed by atoms with Gasteiger partial charge >= 0.3 is 12.0 Å². The van der Waals surface area contributed by atoms with Crippen molar-refractivity contribution in [1.29, 1.82) is 0 Å². The zero-order valence-corrected chi connectivity index (χ0v) is 13.3. The topological polar surface area (TPSA) is 96.9 Å². The Bertz CT molecular complexity index is 586. The van der Waals surface area contributed by atoms with Gasteiger partial charge in [-0.25, -0.2) is 4.79 Å². The van der Waals surface area contributed by atoms with Crippen LogP contribution in [-0.2, 0) is 10.2 Å². The molecule has 126 valence electrons. The highest BCUT2D eigenvalue weighted by Crippen LogP contribution is 2.36. The van der Waals surface area contributed by atoms with E-state index < -0.39 is 5.97 Å². The summed E-state index contributed by atoms with van der Waals surface area (Å²) < 4.78 is 10.7. The molecule has 0 bridgehead atoms. The minimum absolute atomic E-state index is 0.0446. The molecule has 2 rings (SSSR count). The summed E-state index contributed by atoms with van der Waals surface area (Å²) in [6.45, 7) is 5.06. The lowest BCUT2D eigenvalue weighted by Crippen LogP contribution is -2.42. The van der Waals surface area contributed by atoms with Crippen LogP contribution in [0.4, 0.5) is 4.79 Å².